The number of rotatable bonds is 9. The summed E-state index contributed by atoms with van der Waals surface area (Å²) in [5, 5.41) is 23.2. The van der Waals surface area contributed by atoms with Gasteiger partial charge in [0.2, 0.25) is 0 Å². The number of benzene rings is 1. The SMILES string of the molecule is COC(=O)CCCC#CC[C@H]1C(=O)C(C)(C)[C@@H](O)C1/C=C/C(O)CCc1sc2ccccc2c1Cl. The largest absolute Gasteiger partial charge is 0.469 e. The van der Waals surface area contributed by atoms with Gasteiger partial charge in [0.15, 0.2) is 0 Å². The number of hydrogen-bond acceptors (Lipinski definition) is 6. The number of carbonyl (C=O) groups is 2. The highest BCUT2D eigenvalue weighted by atomic mass is 35.5. The van der Waals surface area contributed by atoms with Gasteiger partial charge in [-0.25, -0.2) is 0 Å². The summed E-state index contributed by atoms with van der Waals surface area (Å²) >= 11 is 8.15. The van der Waals surface area contributed by atoms with E-state index in [-0.39, 0.29) is 11.8 Å². The van der Waals surface area contributed by atoms with Gasteiger partial charge in [0, 0.05) is 46.1 Å². The Morgan fingerprint density at radius 2 is 2.06 bits per heavy atom. The Labute approximate surface area is 216 Å². The van der Waals surface area contributed by atoms with Crippen LogP contribution >= 0.6 is 22.9 Å². The van der Waals surface area contributed by atoms with E-state index in [0.29, 0.717) is 38.5 Å². The smallest absolute Gasteiger partial charge is 0.305 e. The average molecular weight is 517 g/mol. The lowest BCUT2D eigenvalue weighted by Crippen LogP contribution is -2.31. The monoisotopic (exact) mass is 516 g/mol. The molecule has 188 valence electrons. The third kappa shape index (κ3) is 6.54. The number of methoxy groups -OCH3 is 1. The molecule has 0 bridgehead atoms. The standard InChI is InChI=1S/C28H33ClO5S/c1-28(2)26(32)19(10-6-4-5-7-13-24(31)34-3)20(27(28)33)16-14-18(30)15-17-23-25(29)21-11-8-9-12-22(21)35-23/h8-9,11-12,14,16,18-20,27,30,33H,5,7,10,13,15,17H2,1-3H3/b16-14+/t18?,19-,20?,27+/m1/s1. The highest BCUT2D eigenvalue weighted by molar-refractivity contribution is 7.19. The van der Waals surface area contributed by atoms with E-state index < -0.39 is 29.5 Å². The fourth-order valence-electron chi connectivity index (χ4n) is 4.52. The molecule has 2 unspecified atom stereocenters. The Balaban J connectivity index is 1.60. The first-order chi connectivity index (χ1) is 16.7. The lowest BCUT2D eigenvalue weighted by Gasteiger charge is -2.22. The molecule has 1 aliphatic rings. The van der Waals surface area contributed by atoms with Crippen molar-refractivity contribution >= 4 is 44.8 Å². The number of aliphatic hydroxyl groups excluding tert-OH is 2. The van der Waals surface area contributed by atoms with Gasteiger partial charge in [-0.2, -0.15) is 0 Å². The summed E-state index contributed by atoms with van der Waals surface area (Å²) in [5.41, 5.74) is -0.873. The van der Waals surface area contributed by atoms with E-state index in [1.807, 2.05) is 24.3 Å². The summed E-state index contributed by atoms with van der Waals surface area (Å²) in [6.07, 6.45) is 4.82. The minimum absolute atomic E-state index is 0.0185. The van der Waals surface area contributed by atoms with Crippen molar-refractivity contribution in [3.8, 4) is 11.8 Å². The first-order valence-corrected chi connectivity index (χ1v) is 13.1. The van der Waals surface area contributed by atoms with E-state index in [9.17, 15) is 19.8 Å². The van der Waals surface area contributed by atoms with Crippen LogP contribution in [-0.2, 0) is 20.7 Å². The van der Waals surface area contributed by atoms with Crippen LogP contribution in [0.15, 0.2) is 36.4 Å². The van der Waals surface area contributed by atoms with Crippen LogP contribution < -0.4 is 0 Å². The second kappa shape index (κ2) is 12.2. The molecule has 2 aromatic rings. The number of ketones is 1. The van der Waals surface area contributed by atoms with Gasteiger partial charge in [-0.1, -0.05) is 55.8 Å². The highest BCUT2D eigenvalue weighted by Gasteiger charge is 2.53. The van der Waals surface area contributed by atoms with Crippen LogP contribution in [0.25, 0.3) is 10.1 Å². The number of ether oxygens (including phenoxy) is 1. The molecule has 1 aromatic carbocycles. The fraction of sp³-hybridized carbons (Fsp3) is 0.500. The maximum absolute atomic E-state index is 13.0. The molecule has 1 aliphatic carbocycles. The lowest BCUT2D eigenvalue weighted by molar-refractivity contribution is -0.140. The summed E-state index contributed by atoms with van der Waals surface area (Å²) in [7, 11) is 1.36. The molecular weight excluding hydrogens is 484 g/mol. The number of thiophene rings is 1. The zero-order valence-corrected chi connectivity index (χ0v) is 22.0. The zero-order valence-electron chi connectivity index (χ0n) is 20.4. The Morgan fingerprint density at radius 1 is 1.31 bits per heavy atom. The van der Waals surface area contributed by atoms with E-state index in [1.165, 1.54) is 7.11 Å². The van der Waals surface area contributed by atoms with E-state index in [1.54, 1.807) is 37.3 Å². The molecule has 0 spiro atoms. The summed E-state index contributed by atoms with van der Waals surface area (Å²) in [4.78, 5) is 25.2. The number of carbonyl (C=O) groups excluding carboxylic acids is 2. The molecule has 1 aromatic heterocycles. The number of aryl methyl sites for hydroxylation is 1. The van der Waals surface area contributed by atoms with Crippen LogP contribution in [0, 0.1) is 29.1 Å². The molecule has 0 radical (unpaired) electrons. The molecule has 0 aliphatic heterocycles. The minimum Gasteiger partial charge on any atom is -0.469 e. The Hall–Kier alpha value is -2.17. The molecule has 7 heteroatoms. The third-order valence-corrected chi connectivity index (χ3v) is 8.50. The second-order valence-electron chi connectivity index (χ2n) is 9.53. The maximum Gasteiger partial charge on any atom is 0.305 e. The van der Waals surface area contributed by atoms with Crippen LogP contribution in [0.2, 0.25) is 5.02 Å². The normalized spacial score (nSPS) is 22.3. The average Bonchev–Trinajstić information content (AvgIpc) is 3.25. The molecule has 5 nitrogen and oxygen atoms in total. The molecule has 1 fully saturated rings. The van der Waals surface area contributed by atoms with Crippen molar-refractivity contribution in [1.82, 2.24) is 0 Å². The van der Waals surface area contributed by atoms with Crippen molar-refractivity contribution in [1.29, 1.82) is 0 Å². The first-order valence-electron chi connectivity index (χ1n) is 11.9. The van der Waals surface area contributed by atoms with Crippen molar-refractivity contribution in [2.24, 2.45) is 17.3 Å². The van der Waals surface area contributed by atoms with Crippen LogP contribution in [-0.4, -0.2) is 41.3 Å². The van der Waals surface area contributed by atoms with Crippen molar-refractivity contribution in [3.63, 3.8) is 0 Å². The van der Waals surface area contributed by atoms with Crippen LogP contribution in [0.4, 0.5) is 0 Å². The first kappa shape index (κ1) is 27.4. The topological polar surface area (TPSA) is 83.8 Å². The Bertz CT molecular complexity index is 1140. The number of aliphatic hydroxyl groups is 2. The molecule has 2 N–H and O–H groups in total. The molecular formula is C28H33ClO5S. The van der Waals surface area contributed by atoms with Crippen LogP contribution in [0.5, 0.6) is 0 Å². The number of halogens is 1. The van der Waals surface area contributed by atoms with Crippen molar-refractivity contribution in [2.75, 3.05) is 7.11 Å². The van der Waals surface area contributed by atoms with Gasteiger partial charge in [0.1, 0.15) is 5.78 Å². The Kier molecular flexibility index (Phi) is 9.54. The Morgan fingerprint density at radius 3 is 2.77 bits per heavy atom. The van der Waals surface area contributed by atoms with Gasteiger partial charge < -0.3 is 14.9 Å². The van der Waals surface area contributed by atoms with Crippen LogP contribution in [0.3, 0.4) is 0 Å². The van der Waals surface area contributed by atoms with E-state index in [0.717, 1.165) is 20.0 Å². The van der Waals surface area contributed by atoms with Gasteiger partial charge >= 0.3 is 5.97 Å². The summed E-state index contributed by atoms with van der Waals surface area (Å²) in [6.45, 7) is 3.51. The minimum atomic E-state index is -0.873. The summed E-state index contributed by atoms with van der Waals surface area (Å²) in [5.74, 6) is 4.93. The number of Topliss-reactive ketones (excluding diaryl/α,β-unsaturated/α-hetero) is 1. The molecule has 0 saturated heterocycles. The summed E-state index contributed by atoms with van der Waals surface area (Å²) < 4.78 is 5.74. The maximum atomic E-state index is 13.0. The van der Waals surface area contributed by atoms with Gasteiger partial charge in [-0.3, -0.25) is 9.59 Å². The third-order valence-electron chi connectivity index (χ3n) is 6.72. The molecule has 1 saturated carbocycles. The number of esters is 1. The predicted molar refractivity (Wildman–Crippen MR) is 140 cm³/mol. The highest BCUT2D eigenvalue weighted by Crippen LogP contribution is 2.44. The van der Waals surface area contributed by atoms with Gasteiger partial charge in [0.05, 0.1) is 29.8 Å². The van der Waals surface area contributed by atoms with Crippen molar-refractivity contribution < 1.29 is 24.5 Å². The van der Waals surface area contributed by atoms with Crippen molar-refractivity contribution in [2.45, 2.75) is 64.6 Å². The predicted octanol–water partition coefficient (Wildman–Crippen LogP) is 5.34. The number of fused-ring (bicyclic) bond motifs is 1. The molecule has 4 atom stereocenters. The zero-order chi connectivity index (χ0) is 25.6. The quantitative estimate of drug-likeness (QED) is 0.203. The second-order valence-corrected chi connectivity index (χ2v) is 11.0. The van der Waals surface area contributed by atoms with Crippen LogP contribution in [0.1, 0.15) is 50.8 Å². The molecule has 0 amide bonds. The van der Waals surface area contributed by atoms with Gasteiger partial charge in [-0.15, -0.1) is 23.2 Å². The molecule has 1 heterocycles. The fourth-order valence-corrected chi connectivity index (χ4v) is 6.06. The van der Waals surface area contributed by atoms with E-state index in [2.05, 4.69) is 16.6 Å². The van der Waals surface area contributed by atoms with E-state index >= 15 is 0 Å². The van der Waals surface area contributed by atoms with Crippen molar-refractivity contribution in [3.05, 3.63) is 46.3 Å². The van der Waals surface area contributed by atoms with Gasteiger partial charge in [-0.05, 0) is 25.3 Å². The number of unbranched alkanes of at least 4 members (excludes halogenated alkanes) is 1. The number of hydrogen-bond donors (Lipinski definition) is 2. The molecule has 3 rings (SSSR count). The summed E-state index contributed by atoms with van der Waals surface area (Å²) in [6, 6.07) is 7.97. The molecule has 35 heavy (non-hydrogen) atoms. The lowest BCUT2D eigenvalue weighted by atomic mass is 9.86. The van der Waals surface area contributed by atoms with E-state index in [4.69, 9.17) is 11.6 Å². The van der Waals surface area contributed by atoms with Gasteiger partial charge in [0.25, 0.3) is 0 Å².